The average molecular weight is 222 g/mol. The maximum absolute atomic E-state index is 10.0. The van der Waals surface area contributed by atoms with Crippen LogP contribution in [0.25, 0.3) is 0 Å². The molecule has 0 radical (unpaired) electrons. The van der Waals surface area contributed by atoms with E-state index in [0.717, 1.165) is 18.8 Å². The first-order chi connectivity index (χ1) is 6.63. The zero-order valence-electron chi connectivity index (χ0n) is 9.20. The van der Waals surface area contributed by atoms with Gasteiger partial charge in [-0.15, -0.1) is 0 Å². The smallest absolute Gasteiger partial charge is 0.257 e. The summed E-state index contributed by atoms with van der Waals surface area (Å²) in [6.45, 7) is 4.82. The van der Waals surface area contributed by atoms with Crippen LogP contribution in [0.4, 0.5) is 0 Å². The maximum atomic E-state index is 10.0. The molecule has 0 N–H and O–H groups in total. The molecule has 0 saturated carbocycles. The summed E-state index contributed by atoms with van der Waals surface area (Å²) in [7, 11) is -2.64. The van der Waals surface area contributed by atoms with E-state index in [4.69, 9.17) is 0 Å². The lowest BCUT2D eigenvalue weighted by Gasteiger charge is -2.03. The highest BCUT2D eigenvalue weighted by Crippen LogP contribution is 2.10. The average Bonchev–Trinajstić information content (AvgIpc) is 2.08. The van der Waals surface area contributed by atoms with Crippen LogP contribution in [0.5, 0.6) is 0 Å². The van der Waals surface area contributed by atoms with E-state index in [2.05, 4.69) is 18.0 Å². The highest BCUT2D eigenvalue weighted by molar-refractivity contribution is 7.67. The minimum Gasteiger partial charge on any atom is -0.272 e. The molecule has 86 valence electrons. The van der Waals surface area contributed by atoms with Crippen molar-refractivity contribution in [2.45, 2.75) is 52.4 Å². The molecule has 0 aliphatic rings. The number of rotatable bonds is 9. The summed E-state index contributed by atoms with van der Waals surface area (Å²) in [4.78, 5) is 0. The van der Waals surface area contributed by atoms with Crippen LogP contribution in [0, 0.1) is 5.92 Å². The van der Waals surface area contributed by atoms with Crippen LogP contribution in [-0.4, -0.2) is 15.0 Å². The van der Waals surface area contributed by atoms with E-state index in [9.17, 15) is 8.42 Å². The Hall–Kier alpha value is -0.0900. The van der Waals surface area contributed by atoms with Crippen LogP contribution in [0.2, 0.25) is 0 Å². The molecule has 0 aromatic rings. The van der Waals surface area contributed by atoms with Crippen LogP contribution in [-0.2, 0) is 15.2 Å². The molecule has 0 aromatic carbocycles. The zero-order chi connectivity index (χ0) is 10.8. The minimum absolute atomic E-state index is 0.350. The summed E-state index contributed by atoms with van der Waals surface area (Å²) >= 11 is 0. The Morgan fingerprint density at radius 3 is 2.14 bits per heavy atom. The molecule has 0 spiro atoms. The standard InChI is InChI=1S/C10H22O3S/c1-10(2)8-6-4-3-5-7-9-13-14(11)12/h10,14H,3-9H2,1-2H3. The van der Waals surface area contributed by atoms with Crippen molar-refractivity contribution in [3.05, 3.63) is 0 Å². The van der Waals surface area contributed by atoms with E-state index >= 15 is 0 Å². The largest absolute Gasteiger partial charge is 0.272 e. The van der Waals surface area contributed by atoms with E-state index in [1.807, 2.05) is 0 Å². The summed E-state index contributed by atoms with van der Waals surface area (Å²) in [6, 6.07) is 0. The lowest BCUT2D eigenvalue weighted by molar-refractivity contribution is 0.319. The molecule has 3 nitrogen and oxygen atoms in total. The molecule has 0 bridgehead atoms. The maximum Gasteiger partial charge on any atom is 0.257 e. The molecule has 0 amide bonds. The van der Waals surface area contributed by atoms with Gasteiger partial charge in [0.2, 0.25) is 0 Å². The van der Waals surface area contributed by atoms with Gasteiger partial charge in [-0.3, -0.25) is 4.18 Å². The Bertz CT molecular complexity index is 180. The van der Waals surface area contributed by atoms with Gasteiger partial charge in [0, 0.05) is 0 Å². The monoisotopic (exact) mass is 222 g/mol. The minimum atomic E-state index is -2.64. The Labute approximate surface area is 89.0 Å². The molecule has 0 aliphatic heterocycles. The lowest BCUT2D eigenvalue weighted by atomic mass is 10.0. The molecule has 0 saturated heterocycles. The fraction of sp³-hybridized carbons (Fsp3) is 1.00. The highest BCUT2D eigenvalue weighted by Gasteiger charge is 1.95. The van der Waals surface area contributed by atoms with Crippen molar-refractivity contribution in [1.29, 1.82) is 0 Å². The van der Waals surface area contributed by atoms with Gasteiger partial charge >= 0.3 is 0 Å². The van der Waals surface area contributed by atoms with E-state index in [0.29, 0.717) is 6.61 Å². The molecular formula is C10H22O3S. The zero-order valence-corrected chi connectivity index (χ0v) is 10.1. The number of hydrogen-bond donors (Lipinski definition) is 1. The number of hydrogen-bond acceptors (Lipinski definition) is 3. The van der Waals surface area contributed by atoms with Gasteiger partial charge in [-0.25, -0.2) is 8.42 Å². The third-order valence-electron chi connectivity index (χ3n) is 2.12. The Morgan fingerprint density at radius 2 is 1.57 bits per heavy atom. The first-order valence-corrected chi connectivity index (χ1v) is 6.49. The number of thiol groups is 1. The summed E-state index contributed by atoms with van der Waals surface area (Å²) in [5, 5.41) is 0. The SMILES string of the molecule is CC(C)CCCCCCCO[SH](=O)=O. The van der Waals surface area contributed by atoms with Gasteiger partial charge in [0.15, 0.2) is 0 Å². The van der Waals surface area contributed by atoms with Crippen LogP contribution in [0.1, 0.15) is 52.4 Å². The van der Waals surface area contributed by atoms with Gasteiger partial charge in [0.1, 0.15) is 0 Å². The van der Waals surface area contributed by atoms with Crippen LogP contribution >= 0.6 is 0 Å². The topological polar surface area (TPSA) is 43.4 Å². The predicted octanol–water partition coefficient (Wildman–Crippen LogP) is 2.53. The third kappa shape index (κ3) is 11.9. The third-order valence-corrected chi connectivity index (χ3v) is 2.52. The van der Waals surface area contributed by atoms with Crippen LogP contribution < -0.4 is 0 Å². The van der Waals surface area contributed by atoms with Crippen molar-refractivity contribution >= 4 is 11.0 Å². The second kappa shape index (κ2) is 9.46. The fourth-order valence-corrected chi connectivity index (χ4v) is 1.60. The molecule has 14 heavy (non-hydrogen) atoms. The van der Waals surface area contributed by atoms with Crippen molar-refractivity contribution in [1.82, 2.24) is 0 Å². The molecule has 0 aliphatic carbocycles. The quantitative estimate of drug-likeness (QED) is 0.481. The normalized spacial score (nSPS) is 11.4. The number of unbranched alkanes of at least 4 members (excludes halogenated alkanes) is 4. The predicted molar refractivity (Wildman–Crippen MR) is 58.8 cm³/mol. The highest BCUT2D eigenvalue weighted by atomic mass is 32.2. The Balaban J connectivity index is 2.99. The Morgan fingerprint density at radius 1 is 1.00 bits per heavy atom. The van der Waals surface area contributed by atoms with Gasteiger partial charge in [-0.1, -0.05) is 46.0 Å². The van der Waals surface area contributed by atoms with Gasteiger partial charge in [-0.2, -0.15) is 0 Å². The molecule has 0 atom stereocenters. The molecule has 0 aromatic heterocycles. The lowest BCUT2D eigenvalue weighted by Crippen LogP contribution is -1.92. The molecule has 0 fully saturated rings. The van der Waals surface area contributed by atoms with Gasteiger partial charge < -0.3 is 0 Å². The van der Waals surface area contributed by atoms with Crippen molar-refractivity contribution in [3.63, 3.8) is 0 Å². The van der Waals surface area contributed by atoms with Gasteiger partial charge in [0.05, 0.1) is 6.61 Å². The van der Waals surface area contributed by atoms with Crippen LogP contribution in [0.3, 0.4) is 0 Å². The van der Waals surface area contributed by atoms with Crippen molar-refractivity contribution in [2.24, 2.45) is 5.92 Å². The van der Waals surface area contributed by atoms with E-state index in [-0.39, 0.29) is 0 Å². The molecule has 4 heteroatoms. The fourth-order valence-electron chi connectivity index (χ4n) is 1.32. The van der Waals surface area contributed by atoms with Gasteiger partial charge in [0.25, 0.3) is 11.0 Å². The van der Waals surface area contributed by atoms with Crippen molar-refractivity contribution in [3.8, 4) is 0 Å². The first-order valence-electron chi connectivity index (χ1n) is 5.40. The summed E-state index contributed by atoms with van der Waals surface area (Å²) in [5.41, 5.74) is 0. The summed E-state index contributed by atoms with van der Waals surface area (Å²) in [5.74, 6) is 0.794. The summed E-state index contributed by atoms with van der Waals surface area (Å²) < 4.78 is 24.5. The molecule has 0 heterocycles. The second-order valence-electron chi connectivity index (χ2n) is 4.01. The second-order valence-corrected chi connectivity index (χ2v) is 4.71. The van der Waals surface area contributed by atoms with E-state index < -0.39 is 11.0 Å². The van der Waals surface area contributed by atoms with Crippen molar-refractivity contribution < 1.29 is 12.6 Å². The molecule has 0 unspecified atom stereocenters. The van der Waals surface area contributed by atoms with E-state index in [1.54, 1.807) is 0 Å². The molecule has 0 rings (SSSR count). The van der Waals surface area contributed by atoms with Crippen molar-refractivity contribution in [2.75, 3.05) is 6.61 Å². The van der Waals surface area contributed by atoms with Crippen LogP contribution in [0.15, 0.2) is 0 Å². The summed E-state index contributed by atoms with van der Waals surface area (Å²) in [6.07, 6.45) is 6.94. The molecular weight excluding hydrogens is 200 g/mol. The Kier molecular flexibility index (Phi) is 9.40. The van der Waals surface area contributed by atoms with E-state index in [1.165, 1.54) is 25.7 Å². The first kappa shape index (κ1) is 13.9. The van der Waals surface area contributed by atoms with Gasteiger partial charge in [-0.05, 0) is 12.3 Å².